The normalized spacial score (nSPS) is 11.4. The highest BCUT2D eigenvalue weighted by Gasteiger charge is 2.22. The molecule has 0 aliphatic rings. The van der Waals surface area contributed by atoms with Crippen LogP contribution in [0.15, 0.2) is 109 Å². The molecule has 2 aromatic heterocycles. The summed E-state index contributed by atoms with van der Waals surface area (Å²) < 4.78 is 4.67. The molecule has 8 aromatic rings. The Bertz CT molecular complexity index is 2530. The van der Waals surface area contributed by atoms with Gasteiger partial charge in [0.2, 0.25) is 0 Å². The van der Waals surface area contributed by atoms with Crippen molar-refractivity contribution in [3.63, 3.8) is 0 Å². The fourth-order valence-electron chi connectivity index (χ4n) is 7.02. The van der Waals surface area contributed by atoms with Crippen molar-refractivity contribution < 1.29 is 0 Å². The third kappa shape index (κ3) is 4.12. The van der Waals surface area contributed by atoms with E-state index in [9.17, 15) is 5.26 Å². The molecule has 0 fully saturated rings. The molecule has 0 saturated heterocycles. The van der Waals surface area contributed by atoms with Crippen LogP contribution < -0.4 is 0 Å². The van der Waals surface area contributed by atoms with Crippen molar-refractivity contribution >= 4 is 49.3 Å². The molecular weight excluding hydrogens is 560 g/mol. The van der Waals surface area contributed by atoms with Crippen molar-refractivity contribution in [3.05, 3.63) is 148 Å². The van der Waals surface area contributed by atoms with Gasteiger partial charge >= 0.3 is 0 Å². The van der Waals surface area contributed by atoms with Crippen LogP contribution in [0.5, 0.6) is 0 Å². The van der Waals surface area contributed by atoms with Gasteiger partial charge in [-0.05, 0) is 112 Å². The van der Waals surface area contributed by atoms with Crippen LogP contribution in [0.4, 0.5) is 5.69 Å². The van der Waals surface area contributed by atoms with Crippen molar-refractivity contribution in [1.82, 2.24) is 9.13 Å². The average molecular weight is 591 g/mol. The summed E-state index contributed by atoms with van der Waals surface area (Å²) in [5.74, 6) is 0. The Hall–Kier alpha value is -6.10. The zero-order valence-electron chi connectivity index (χ0n) is 26.2. The maximum atomic E-state index is 9.71. The maximum Gasteiger partial charge on any atom is 0.197 e. The van der Waals surface area contributed by atoms with Crippen molar-refractivity contribution in [2.45, 2.75) is 27.7 Å². The van der Waals surface area contributed by atoms with Gasteiger partial charge in [-0.1, -0.05) is 58.7 Å². The largest absolute Gasteiger partial charge is 0.308 e. The van der Waals surface area contributed by atoms with Gasteiger partial charge in [0.05, 0.1) is 51.6 Å². The lowest BCUT2D eigenvalue weighted by molar-refractivity contribution is 1.10. The second-order valence-electron chi connectivity index (χ2n) is 12.4. The van der Waals surface area contributed by atoms with E-state index in [1.165, 1.54) is 43.8 Å². The zero-order chi connectivity index (χ0) is 31.7. The standard InChI is InChI=1S/C42H30N4/c1-25-9-13-37-32(17-25)33-18-26(2)10-14-38(33)45(37)41-22-31(30-8-6-7-29(21-30)24-43)36(44-5)23-42(41)46-39-15-11-27(3)19-34(39)35-20-28(4)12-16-40(35)46/h6-23H,1-4H3. The molecule has 0 atom stereocenters. The van der Waals surface area contributed by atoms with E-state index in [2.05, 4.69) is 127 Å². The zero-order valence-corrected chi connectivity index (χ0v) is 26.2. The number of hydrogen-bond donors (Lipinski definition) is 0. The number of benzene rings is 6. The van der Waals surface area contributed by atoms with E-state index < -0.39 is 0 Å². The van der Waals surface area contributed by atoms with Gasteiger partial charge in [0.1, 0.15) is 0 Å². The lowest BCUT2D eigenvalue weighted by Crippen LogP contribution is -2.04. The summed E-state index contributed by atoms with van der Waals surface area (Å²) in [7, 11) is 0. The molecule has 0 radical (unpaired) electrons. The molecule has 0 amide bonds. The Morgan fingerprint density at radius 1 is 0.543 bits per heavy atom. The number of nitriles is 1. The Kier molecular flexibility index (Phi) is 6.11. The van der Waals surface area contributed by atoms with Crippen LogP contribution in [0.1, 0.15) is 27.8 Å². The van der Waals surface area contributed by atoms with E-state index >= 15 is 0 Å². The van der Waals surface area contributed by atoms with Crippen molar-refractivity contribution in [1.29, 1.82) is 5.26 Å². The van der Waals surface area contributed by atoms with Crippen LogP contribution in [0.25, 0.3) is 71.0 Å². The van der Waals surface area contributed by atoms with Crippen LogP contribution in [-0.4, -0.2) is 9.13 Å². The summed E-state index contributed by atoms with van der Waals surface area (Å²) in [6, 6.07) is 40.5. The smallest absolute Gasteiger partial charge is 0.197 e. The number of aromatic nitrogens is 2. The monoisotopic (exact) mass is 590 g/mol. The van der Waals surface area contributed by atoms with Crippen LogP contribution in [-0.2, 0) is 0 Å². The molecular formula is C42H30N4. The Morgan fingerprint density at radius 2 is 0.978 bits per heavy atom. The highest BCUT2D eigenvalue weighted by Crippen LogP contribution is 2.43. The summed E-state index contributed by atoms with van der Waals surface area (Å²) in [6.45, 7) is 16.9. The van der Waals surface area contributed by atoms with Crippen molar-refractivity contribution in [2.75, 3.05) is 0 Å². The van der Waals surface area contributed by atoms with Gasteiger partial charge in [0.15, 0.2) is 5.69 Å². The summed E-state index contributed by atoms with van der Waals surface area (Å²) in [4.78, 5) is 4.08. The Balaban J connectivity index is 1.59. The van der Waals surface area contributed by atoms with E-state index in [0.29, 0.717) is 11.3 Å². The summed E-state index contributed by atoms with van der Waals surface area (Å²) in [6.07, 6.45) is 0. The molecule has 218 valence electrons. The topological polar surface area (TPSA) is 38.0 Å². The van der Waals surface area contributed by atoms with E-state index in [0.717, 1.165) is 44.6 Å². The van der Waals surface area contributed by atoms with Gasteiger partial charge in [-0.2, -0.15) is 5.26 Å². The minimum Gasteiger partial charge on any atom is -0.308 e. The molecule has 0 spiro atoms. The van der Waals surface area contributed by atoms with Crippen LogP contribution in [0.3, 0.4) is 0 Å². The van der Waals surface area contributed by atoms with Crippen molar-refractivity contribution in [3.8, 4) is 28.6 Å². The molecule has 0 bridgehead atoms. The van der Waals surface area contributed by atoms with Gasteiger partial charge in [-0.25, -0.2) is 4.85 Å². The second-order valence-corrected chi connectivity index (χ2v) is 12.4. The first kappa shape index (κ1) is 27.4. The quantitative estimate of drug-likeness (QED) is 0.189. The highest BCUT2D eigenvalue weighted by atomic mass is 15.1. The summed E-state index contributed by atoms with van der Waals surface area (Å²) in [5, 5.41) is 14.5. The molecule has 4 heteroatoms. The number of aryl methyl sites for hydroxylation is 4. The molecule has 0 unspecified atom stereocenters. The molecule has 0 aliphatic carbocycles. The van der Waals surface area contributed by atoms with E-state index in [4.69, 9.17) is 6.57 Å². The minimum absolute atomic E-state index is 0.538. The fourth-order valence-corrected chi connectivity index (χ4v) is 7.02. The molecule has 4 nitrogen and oxygen atoms in total. The second kappa shape index (κ2) is 10.2. The van der Waals surface area contributed by atoms with Crippen LogP contribution in [0.2, 0.25) is 0 Å². The number of fused-ring (bicyclic) bond motifs is 6. The van der Waals surface area contributed by atoms with Crippen LogP contribution >= 0.6 is 0 Å². The number of hydrogen-bond acceptors (Lipinski definition) is 1. The highest BCUT2D eigenvalue weighted by molar-refractivity contribution is 6.12. The number of rotatable bonds is 3. The van der Waals surface area contributed by atoms with Gasteiger partial charge < -0.3 is 9.13 Å². The summed E-state index contributed by atoms with van der Waals surface area (Å²) >= 11 is 0. The van der Waals surface area contributed by atoms with Gasteiger partial charge in [0.25, 0.3) is 0 Å². The molecule has 0 N–H and O–H groups in total. The van der Waals surface area contributed by atoms with E-state index in [1.54, 1.807) is 6.07 Å². The average Bonchev–Trinajstić information content (AvgIpc) is 3.55. The predicted octanol–water partition coefficient (Wildman–Crippen LogP) is 11.2. The van der Waals surface area contributed by atoms with Gasteiger partial charge in [-0.15, -0.1) is 0 Å². The molecule has 2 heterocycles. The third-order valence-electron chi connectivity index (χ3n) is 9.15. The first-order valence-electron chi connectivity index (χ1n) is 15.4. The summed E-state index contributed by atoms with van der Waals surface area (Å²) in [5.41, 5.74) is 13.9. The van der Waals surface area contributed by atoms with E-state index in [1.807, 2.05) is 24.3 Å². The molecule has 8 rings (SSSR count). The fraction of sp³-hybridized carbons (Fsp3) is 0.0952. The Morgan fingerprint density at radius 3 is 1.39 bits per heavy atom. The predicted molar refractivity (Wildman–Crippen MR) is 190 cm³/mol. The lowest BCUT2D eigenvalue weighted by atomic mass is 9.99. The molecule has 0 aliphatic heterocycles. The third-order valence-corrected chi connectivity index (χ3v) is 9.15. The first-order valence-corrected chi connectivity index (χ1v) is 15.4. The van der Waals surface area contributed by atoms with Crippen molar-refractivity contribution in [2.24, 2.45) is 0 Å². The Labute approximate surface area is 267 Å². The minimum atomic E-state index is 0.538. The first-order chi connectivity index (χ1) is 22.3. The van der Waals surface area contributed by atoms with E-state index in [-0.39, 0.29) is 0 Å². The van der Waals surface area contributed by atoms with Gasteiger partial charge in [-0.3, -0.25) is 0 Å². The molecule has 46 heavy (non-hydrogen) atoms. The lowest BCUT2D eigenvalue weighted by Gasteiger charge is -2.20. The number of nitrogens with zero attached hydrogens (tertiary/aromatic N) is 4. The van der Waals surface area contributed by atoms with Crippen LogP contribution in [0, 0.1) is 45.6 Å². The SMILES string of the molecule is [C-]#[N+]c1cc(-n2c3ccc(C)cc3c3cc(C)ccc32)c(-n2c3ccc(C)cc3c3cc(C)ccc32)cc1-c1cccc(C#N)c1. The van der Waals surface area contributed by atoms with Gasteiger partial charge in [0, 0.05) is 21.5 Å². The molecule has 0 saturated carbocycles. The molecule has 6 aromatic carbocycles. The maximum absolute atomic E-state index is 9.71.